The topological polar surface area (TPSA) is 49.4 Å². The molecule has 6 heteroatoms. The van der Waals surface area contributed by atoms with Gasteiger partial charge in [-0.1, -0.05) is 29.4 Å². The van der Waals surface area contributed by atoms with Crippen LogP contribution in [0.3, 0.4) is 0 Å². The normalized spacial score (nSPS) is 14.9. The molecular weight excluding hydrogens is 284 g/mol. The Bertz CT molecular complexity index is 510. The van der Waals surface area contributed by atoms with Crippen molar-refractivity contribution in [1.29, 1.82) is 0 Å². The van der Waals surface area contributed by atoms with Crippen LogP contribution in [-0.4, -0.2) is 34.9 Å². The maximum atomic E-state index is 11.9. The molecular formula is C13H15ClN2O2S. The fourth-order valence-corrected chi connectivity index (χ4v) is 3.19. The predicted molar refractivity (Wildman–Crippen MR) is 79.0 cm³/mol. The van der Waals surface area contributed by atoms with Gasteiger partial charge in [0, 0.05) is 12.3 Å². The van der Waals surface area contributed by atoms with E-state index in [2.05, 4.69) is 5.32 Å². The Kier molecular flexibility index (Phi) is 4.37. The lowest BCUT2D eigenvalue weighted by atomic mass is 10.1. The quantitative estimate of drug-likeness (QED) is 0.933. The minimum absolute atomic E-state index is 0.0399. The van der Waals surface area contributed by atoms with Crippen LogP contribution >= 0.6 is 23.4 Å². The third-order valence-corrected chi connectivity index (χ3v) is 4.07. The number of amides is 2. The van der Waals surface area contributed by atoms with Gasteiger partial charge in [-0.15, -0.1) is 0 Å². The third kappa shape index (κ3) is 3.42. The molecule has 19 heavy (non-hydrogen) atoms. The number of halogens is 1. The van der Waals surface area contributed by atoms with Crippen molar-refractivity contribution in [3.63, 3.8) is 0 Å². The first-order valence-corrected chi connectivity index (χ1v) is 7.32. The highest BCUT2D eigenvalue weighted by Gasteiger charge is 2.23. The van der Waals surface area contributed by atoms with Crippen molar-refractivity contribution in [1.82, 2.24) is 4.90 Å². The van der Waals surface area contributed by atoms with E-state index in [1.54, 1.807) is 6.07 Å². The van der Waals surface area contributed by atoms with Gasteiger partial charge in [0.2, 0.25) is 5.91 Å². The number of benzene rings is 1. The Balaban J connectivity index is 2.05. The van der Waals surface area contributed by atoms with E-state index in [1.807, 2.05) is 19.9 Å². The van der Waals surface area contributed by atoms with Crippen molar-refractivity contribution in [3.05, 3.63) is 28.3 Å². The lowest BCUT2D eigenvalue weighted by molar-refractivity contribution is -0.116. The number of nitrogens with one attached hydrogen (secondary N) is 1. The maximum absolute atomic E-state index is 11.9. The Hall–Kier alpha value is -1.20. The lowest BCUT2D eigenvalue weighted by Gasteiger charge is -2.16. The minimum atomic E-state index is -0.218. The summed E-state index contributed by atoms with van der Waals surface area (Å²) in [7, 11) is 0. The molecule has 0 radical (unpaired) electrons. The van der Waals surface area contributed by atoms with Gasteiger partial charge in [-0.2, -0.15) is 0 Å². The molecule has 0 bridgehead atoms. The maximum Gasteiger partial charge on any atom is 0.282 e. The Morgan fingerprint density at radius 1 is 1.47 bits per heavy atom. The second-order valence-electron chi connectivity index (χ2n) is 4.52. The molecule has 0 atom stereocenters. The number of nitrogens with zero attached hydrogens (tertiary/aromatic N) is 1. The number of carbonyl (C=O) groups excluding carboxylic acids is 2. The Morgan fingerprint density at radius 3 is 2.79 bits per heavy atom. The molecule has 0 aliphatic carbocycles. The van der Waals surface area contributed by atoms with Gasteiger partial charge in [-0.05, 0) is 31.0 Å². The highest BCUT2D eigenvalue weighted by Crippen LogP contribution is 2.27. The number of carbonyl (C=O) groups is 2. The first-order valence-electron chi connectivity index (χ1n) is 5.95. The van der Waals surface area contributed by atoms with E-state index in [0.717, 1.165) is 16.9 Å². The zero-order chi connectivity index (χ0) is 14.0. The summed E-state index contributed by atoms with van der Waals surface area (Å²) in [6, 6.07) is 3.76. The van der Waals surface area contributed by atoms with Crippen LogP contribution < -0.4 is 5.32 Å². The smallest absolute Gasteiger partial charge is 0.282 e. The van der Waals surface area contributed by atoms with Crippen molar-refractivity contribution in [2.24, 2.45) is 0 Å². The van der Waals surface area contributed by atoms with Crippen molar-refractivity contribution < 1.29 is 9.59 Å². The zero-order valence-corrected chi connectivity index (χ0v) is 12.4. The number of hydrogen-bond donors (Lipinski definition) is 1. The number of hydrogen-bond acceptors (Lipinski definition) is 3. The largest absolute Gasteiger partial charge is 0.323 e. The fourth-order valence-electron chi connectivity index (χ4n) is 2.00. The summed E-state index contributed by atoms with van der Waals surface area (Å²) >= 11 is 7.37. The number of rotatable bonds is 3. The van der Waals surface area contributed by atoms with E-state index in [4.69, 9.17) is 11.6 Å². The molecule has 1 fully saturated rings. The van der Waals surface area contributed by atoms with E-state index < -0.39 is 0 Å². The van der Waals surface area contributed by atoms with Gasteiger partial charge in [0.1, 0.15) is 6.54 Å². The second kappa shape index (κ2) is 5.84. The molecule has 1 aromatic rings. The average molecular weight is 299 g/mol. The highest BCUT2D eigenvalue weighted by atomic mass is 35.5. The van der Waals surface area contributed by atoms with E-state index in [1.165, 1.54) is 16.7 Å². The summed E-state index contributed by atoms with van der Waals surface area (Å²) in [5.74, 6) is 0.529. The molecule has 1 aliphatic heterocycles. The molecule has 4 nitrogen and oxygen atoms in total. The molecule has 2 amide bonds. The minimum Gasteiger partial charge on any atom is -0.323 e. The van der Waals surface area contributed by atoms with Crippen molar-refractivity contribution in [3.8, 4) is 0 Å². The van der Waals surface area contributed by atoms with E-state index in [-0.39, 0.29) is 17.7 Å². The molecule has 1 N–H and O–H groups in total. The van der Waals surface area contributed by atoms with Gasteiger partial charge in [0.25, 0.3) is 5.24 Å². The monoisotopic (exact) mass is 298 g/mol. The third-order valence-electron chi connectivity index (χ3n) is 2.88. The summed E-state index contributed by atoms with van der Waals surface area (Å²) in [4.78, 5) is 24.9. The second-order valence-corrected chi connectivity index (χ2v) is 5.98. The number of anilines is 1. The summed E-state index contributed by atoms with van der Waals surface area (Å²) in [5.41, 5.74) is 2.59. The summed E-state index contributed by atoms with van der Waals surface area (Å²) in [6.45, 7) is 4.54. The molecule has 1 saturated heterocycles. The van der Waals surface area contributed by atoms with Crippen molar-refractivity contribution in [2.75, 3.05) is 24.2 Å². The molecule has 0 saturated carbocycles. The summed E-state index contributed by atoms with van der Waals surface area (Å²) in [5, 5.41) is 3.26. The van der Waals surface area contributed by atoms with E-state index >= 15 is 0 Å². The molecule has 0 aromatic heterocycles. The van der Waals surface area contributed by atoms with Crippen LogP contribution in [0.15, 0.2) is 12.1 Å². The van der Waals surface area contributed by atoms with Crippen LogP contribution in [0.4, 0.5) is 10.5 Å². The van der Waals surface area contributed by atoms with Crippen LogP contribution in [0.1, 0.15) is 11.1 Å². The number of thioether (sulfide) groups is 1. The molecule has 1 heterocycles. The standard InChI is InChI=1S/C13H15ClN2O2S/c1-8-5-9(2)12(10(14)6-8)15-11(17)7-16-3-4-19-13(16)18/h5-6H,3-4,7H2,1-2H3,(H,15,17). The van der Waals surface area contributed by atoms with Gasteiger partial charge in [-0.25, -0.2) is 0 Å². The van der Waals surface area contributed by atoms with Crippen LogP contribution in [0.5, 0.6) is 0 Å². The molecule has 1 aromatic carbocycles. The zero-order valence-electron chi connectivity index (χ0n) is 10.8. The van der Waals surface area contributed by atoms with E-state index in [0.29, 0.717) is 17.3 Å². The highest BCUT2D eigenvalue weighted by molar-refractivity contribution is 8.13. The first kappa shape index (κ1) is 14.2. The average Bonchev–Trinajstić information content (AvgIpc) is 2.69. The molecule has 0 unspecified atom stereocenters. The van der Waals surface area contributed by atoms with Gasteiger partial charge >= 0.3 is 0 Å². The van der Waals surface area contributed by atoms with Crippen LogP contribution in [0.2, 0.25) is 5.02 Å². The van der Waals surface area contributed by atoms with Gasteiger partial charge in [-0.3, -0.25) is 9.59 Å². The Morgan fingerprint density at radius 2 is 2.21 bits per heavy atom. The molecule has 102 valence electrons. The van der Waals surface area contributed by atoms with E-state index in [9.17, 15) is 9.59 Å². The fraction of sp³-hybridized carbons (Fsp3) is 0.385. The van der Waals surface area contributed by atoms with Crippen LogP contribution in [0, 0.1) is 13.8 Å². The molecule has 0 spiro atoms. The van der Waals surface area contributed by atoms with Gasteiger partial charge in [0.05, 0.1) is 10.7 Å². The van der Waals surface area contributed by atoms with Crippen molar-refractivity contribution >= 4 is 40.2 Å². The molecule has 1 aliphatic rings. The predicted octanol–water partition coefficient (Wildman–Crippen LogP) is 3.06. The first-order chi connectivity index (χ1) is 8.97. The molecule has 2 rings (SSSR count). The van der Waals surface area contributed by atoms with Crippen LogP contribution in [-0.2, 0) is 4.79 Å². The van der Waals surface area contributed by atoms with Crippen molar-refractivity contribution in [2.45, 2.75) is 13.8 Å². The lowest BCUT2D eigenvalue weighted by Crippen LogP contribution is -2.33. The van der Waals surface area contributed by atoms with Gasteiger partial charge < -0.3 is 10.2 Å². The summed E-state index contributed by atoms with van der Waals surface area (Å²) in [6.07, 6.45) is 0. The van der Waals surface area contributed by atoms with Crippen LogP contribution in [0.25, 0.3) is 0 Å². The summed E-state index contributed by atoms with van der Waals surface area (Å²) < 4.78 is 0. The SMILES string of the molecule is Cc1cc(C)c(NC(=O)CN2CCSC2=O)c(Cl)c1. The Labute approximate surface area is 121 Å². The number of aryl methyl sites for hydroxylation is 2. The van der Waals surface area contributed by atoms with Gasteiger partial charge in [0.15, 0.2) is 0 Å².